The van der Waals surface area contributed by atoms with Crippen LogP contribution >= 0.6 is 0 Å². The van der Waals surface area contributed by atoms with E-state index in [0.717, 1.165) is 0 Å². The Bertz CT molecular complexity index is 1200. The fourth-order valence-electron chi connectivity index (χ4n) is 3.92. The van der Waals surface area contributed by atoms with Gasteiger partial charge in [0.2, 0.25) is 10.0 Å². The van der Waals surface area contributed by atoms with Crippen LogP contribution in [0.1, 0.15) is 15.9 Å². The maximum atomic E-state index is 13.3. The summed E-state index contributed by atoms with van der Waals surface area (Å²) in [6.45, 7) is 2.34. The number of amides is 2. The zero-order valence-corrected chi connectivity index (χ0v) is 19.4. The third kappa shape index (κ3) is 4.33. The minimum absolute atomic E-state index is 0.122. The average molecular weight is 476 g/mol. The molecule has 2 aromatic carbocycles. The lowest BCUT2D eigenvalue weighted by Gasteiger charge is -2.34. The molecule has 10 nitrogen and oxygen atoms in total. The number of methoxy groups -OCH3 is 2. The van der Waals surface area contributed by atoms with Gasteiger partial charge in [-0.05, 0) is 36.8 Å². The Morgan fingerprint density at radius 3 is 2.39 bits per heavy atom. The molecule has 1 fully saturated rings. The summed E-state index contributed by atoms with van der Waals surface area (Å²) in [5.41, 5.74) is 1.39. The highest BCUT2D eigenvalue weighted by Gasteiger charge is 2.33. The fraction of sp³-hybridized carbons (Fsp3) is 0.364. The second kappa shape index (κ2) is 8.91. The van der Waals surface area contributed by atoms with Crippen molar-refractivity contribution in [2.75, 3.05) is 52.3 Å². The molecule has 2 aliphatic rings. The summed E-state index contributed by atoms with van der Waals surface area (Å²) in [5.74, 6) is 0.802. The zero-order valence-electron chi connectivity index (χ0n) is 18.6. The van der Waals surface area contributed by atoms with E-state index < -0.39 is 10.0 Å². The molecule has 4 rings (SSSR count). The third-order valence-electron chi connectivity index (χ3n) is 5.68. The number of ether oxygens (including phenoxy) is 3. The molecular formula is C22H25N3O7S. The lowest BCUT2D eigenvalue weighted by atomic mass is 10.1. The smallest absolute Gasteiger partial charge is 0.262 e. The van der Waals surface area contributed by atoms with Crippen LogP contribution in [-0.2, 0) is 14.8 Å². The van der Waals surface area contributed by atoms with E-state index in [0.29, 0.717) is 34.1 Å². The third-order valence-corrected chi connectivity index (χ3v) is 7.72. The molecule has 0 aromatic heterocycles. The Morgan fingerprint density at radius 2 is 1.73 bits per heavy atom. The van der Waals surface area contributed by atoms with Crippen LogP contribution in [-0.4, -0.2) is 76.4 Å². The topological polar surface area (TPSA) is 114 Å². The van der Waals surface area contributed by atoms with Crippen LogP contribution in [0.15, 0.2) is 35.2 Å². The van der Waals surface area contributed by atoms with Crippen molar-refractivity contribution in [3.05, 3.63) is 41.5 Å². The number of benzene rings is 2. The van der Waals surface area contributed by atoms with E-state index in [1.165, 1.54) is 24.6 Å². The minimum atomic E-state index is -3.81. The number of nitrogens with one attached hydrogen (secondary N) is 1. The number of anilines is 1. The van der Waals surface area contributed by atoms with Gasteiger partial charge in [-0.2, -0.15) is 4.31 Å². The highest BCUT2D eigenvalue weighted by molar-refractivity contribution is 7.89. The highest BCUT2D eigenvalue weighted by atomic mass is 32.2. The first kappa shape index (κ1) is 22.9. The van der Waals surface area contributed by atoms with E-state index in [4.69, 9.17) is 14.2 Å². The summed E-state index contributed by atoms with van der Waals surface area (Å²) < 4.78 is 43.8. The molecule has 0 atom stereocenters. The van der Waals surface area contributed by atoms with Gasteiger partial charge in [0.15, 0.2) is 18.1 Å². The van der Waals surface area contributed by atoms with Gasteiger partial charge in [-0.1, -0.05) is 0 Å². The van der Waals surface area contributed by atoms with Gasteiger partial charge in [0.05, 0.1) is 24.8 Å². The number of hydrogen-bond acceptors (Lipinski definition) is 7. The van der Waals surface area contributed by atoms with Gasteiger partial charge in [-0.3, -0.25) is 9.59 Å². The maximum absolute atomic E-state index is 13.3. The molecule has 0 spiro atoms. The van der Waals surface area contributed by atoms with Gasteiger partial charge in [0, 0.05) is 37.8 Å². The van der Waals surface area contributed by atoms with Crippen molar-refractivity contribution in [2.45, 2.75) is 11.8 Å². The fourth-order valence-corrected chi connectivity index (χ4v) is 5.56. The van der Waals surface area contributed by atoms with Crippen molar-refractivity contribution >= 4 is 27.5 Å². The van der Waals surface area contributed by atoms with Crippen molar-refractivity contribution < 1.29 is 32.2 Å². The molecule has 0 bridgehead atoms. The first-order valence-electron chi connectivity index (χ1n) is 10.3. The first-order valence-corrected chi connectivity index (χ1v) is 11.8. The molecule has 1 saturated heterocycles. The van der Waals surface area contributed by atoms with Gasteiger partial charge in [-0.15, -0.1) is 0 Å². The van der Waals surface area contributed by atoms with Crippen molar-refractivity contribution in [1.82, 2.24) is 9.21 Å². The monoisotopic (exact) mass is 475 g/mol. The van der Waals surface area contributed by atoms with Crippen molar-refractivity contribution in [3.8, 4) is 17.2 Å². The molecular weight excluding hydrogens is 450 g/mol. The lowest BCUT2D eigenvalue weighted by molar-refractivity contribution is -0.118. The molecule has 33 heavy (non-hydrogen) atoms. The Morgan fingerprint density at radius 1 is 1.03 bits per heavy atom. The van der Waals surface area contributed by atoms with Crippen LogP contribution < -0.4 is 19.5 Å². The van der Waals surface area contributed by atoms with Gasteiger partial charge >= 0.3 is 0 Å². The first-order chi connectivity index (χ1) is 15.7. The summed E-state index contributed by atoms with van der Waals surface area (Å²) in [6.07, 6.45) is 0. The number of nitrogens with zero attached hydrogens (tertiary/aromatic N) is 2. The summed E-state index contributed by atoms with van der Waals surface area (Å²) in [5, 5.41) is 2.67. The predicted octanol–water partition coefficient (Wildman–Crippen LogP) is 1.49. The Balaban J connectivity index is 1.48. The average Bonchev–Trinajstić information content (AvgIpc) is 2.82. The number of piperazine rings is 1. The number of hydrogen-bond donors (Lipinski definition) is 1. The number of aryl methyl sites for hydroxylation is 1. The van der Waals surface area contributed by atoms with E-state index in [9.17, 15) is 18.0 Å². The predicted molar refractivity (Wildman–Crippen MR) is 120 cm³/mol. The SMILES string of the molecule is COc1ccc(C(=O)N2CCN(S(=O)(=O)c3cc4c(cc3C)NC(=O)CO4)CC2)cc1OC. The molecule has 0 saturated carbocycles. The van der Waals surface area contributed by atoms with Crippen LogP contribution in [0.3, 0.4) is 0 Å². The highest BCUT2D eigenvalue weighted by Crippen LogP contribution is 2.34. The van der Waals surface area contributed by atoms with Crippen molar-refractivity contribution in [1.29, 1.82) is 0 Å². The van der Waals surface area contributed by atoms with Gasteiger partial charge < -0.3 is 24.4 Å². The quantitative estimate of drug-likeness (QED) is 0.697. The van der Waals surface area contributed by atoms with Gasteiger partial charge in [0.25, 0.3) is 11.8 Å². The minimum Gasteiger partial charge on any atom is -0.493 e. The molecule has 1 N–H and O–H groups in total. The van der Waals surface area contributed by atoms with Crippen LogP contribution in [0.4, 0.5) is 5.69 Å². The normalized spacial score (nSPS) is 16.5. The summed E-state index contributed by atoms with van der Waals surface area (Å²) in [4.78, 5) is 26.2. The van der Waals surface area contributed by atoms with Crippen LogP contribution in [0.2, 0.25) is 0 Å². The number of carbonyl (C=O) groups is 2. The molecule has 2 amide bonds. The largest absolute Gasteiger partial charge is 0.493 e. The van der Waals surface area contributed by atoms with Crippen molar-refractivity contribution in [3.63, 3.8) is 0 Å². The Kier molecular flexibility index (Phi) is 6.17. The number of fused-ring (bicyclic) bond motifs is 1. The second-order valence-electron chi connectivity index (χ2n) is 7.72. The van der Waals surface area contributed by atoms with Crippen LogP contribution in [0.25, 0.3) is 0 Å². The standard InChI is InChI=1S/C22H25N3O7S/c1-14-10-16-18(32-13-21(26)23-16)12-20(14)33(28,29)25-8-6-24(7-9-25)22(27)15-4-5-17(30-2)19(11-15)31-3/h4-5,10-12H,6-9,13H2,1-3H3,(H,23,26). The lowest BCUT2D eigenvalue weighted by Crippen LogP contribution is -2.50. The summed E-state index contributed by atoms with van der Waals surface area (Å²) >= 11 is 0. The van der Waals surface area contributed by atoms with E-state index in [1.54, 1.807) is 36.1 Å². The molecule has 11 heteroatoms. The Hall–Kier alpha value is -3.31. The van der Waals surface area contributed by atoms with Crippen molar-refractivity contribution in [2.24, 2.45) is 0 Å². The maximum Gasteiger partial charge on any atom is 0.262 e. The van der Waals surface area contributed by atoms with E-state index in [-0.39, 0.29) is 49.5 Å². The molecule has 2 aromatic rings. The summed E-state index contributed by atoms with van der Waals surface area (Å²) in [6, 6.07) is 7.97. The molecule has 176 valence electrons. The van der Waals surface area contributed by atoms with Gasteiger partial charge in [-0.25, -0.2) is 8.42 Å². The number of rotatable bonds is 5. The zero-order chi connectivity index (χ0) is 23.8. The number of carbonyl (C=O) groups excluding carboxylic acids is 2. The second-order valence-corrected chi connectivity index (χ2v) is 9.62. The van der Waals surface area contributed by atoms with Crippen LogP contribution in [0, 0.1) is 6.92 Å². The molecule has 0 aliphatic carbocycles. The molecule has 2 heterocycles. The Labute approximate surface area is 192 Å². The molecule has 2 aliphatic heterocycles. The van der Waals surface area contributed by atoms with Gasteiger partial charge in [0.1, 0.15) is 5.75 Å². The molecule has 0 radical (unpaired) electrons. The van der Waals surface area contributed by atoms with E-state index in [1.807, 2.05) is 0 Å². The van der Waals surface area contributed by atoms with E-state index >= 15 is 0 Å². The molecule has 0 unspecified atom stereocenters. The van der Waals surface area contributed by atoms with E-state index in [2.05, 4.69) is 5.32 Å². The number of sulfonamides is 1. The van der Waals surface area contributed by atoms with Crippen LogP contribution in [0.5, 0.6) is 17.2 Å². The summed E-state index contributed by atoms with van der Waals surface area (Å²) in [7, 11) is -0.790.